The molecule has 2 nitrogen and oxygen atoms in total. The molecule has 0 aromatic carbocycles. The molecule has 2 heteroatoms. The Morgan fingerprint density at radius 3 is 1.91 bits per heavy atom. The summed E-state index contributed by atoms with van der Waals surface area (Å²) in [6.07, 6.45) is 20.6. The molecule has 0 aliphatic carbocycles. The van der Waals surface area contributed by atoms with E-state index >= 15 is 0 Å². The van der Waals surface area contributed by atoms with Gasteiger partial charge in [-0.3, -0.25) is 0 Å². The molecule has 0 heterocycles. The lowest BCUT2D eigenvalue weighted by atomic mass is 10.1. The quantitative estimate of drug-likeness (QED) is 0.177. The Morgan fingerprint density at radius 1 is 0.870 bits per heavy atom. The summed E-state index contributed by atoms with van der Waals surface area (Å²) >= 11 is 0. The average Bonchev–Trinajstić information content (AvgIpc) is 2.56. The summed E-state index contributed by atoms with van der Waals surface area (Å²) in [7, 11) is 0. The number of hydrogen-bond acceptors (Lipinski definition) is 2. The monoisotopic (exact) mass is 324 g/mol. The van der Waals surface area contributed by atoms with Crippen molar-refractivity contribution in [2.75, 3.05) is 6.61 Å². The predicted octanol–water partition coefficient (Wildman–Crippen LogP) is 6.83. The second-order valence-corrected chi connectivity index (χ2v) is 6.87. The van der Waals surface area contributed by atoms with Gasteiger partial charge in [0.15, 0.2) is 0 Å². The van der Waals surface area contributed by atoms with Crippen molar-refractivity contribution in [2.45, 2.75) is 104 Å². The number of allylic oxidation sites excluding steroid dienone is 1. The Balaban J connectivity index is 3.26. The number of carbonyl (C=O) groups excluding carboxylic acids is 1. The second kappa shape index (κ2) is 17.6. The van der Waals surface area contributed by atoms with Crippen LogP contribution in [0.15, 0.2) is 12.2 Å². The Morgan fingerprint density at radius 2 is 1.39 bits per heavy atom. The maximum absolute atomic E-state index is 11.5. The summed E-state index contributed by atoms with van der Waals surface area (Å²) in [4.78, 5) is 11.5. The molecule has 0 saturated carbocycles. The zero-order valence-electron chi connectivity index (χ0n) is 15.9. The van der Waals surface area contributed by atoms with Crippen LogP contribution in [0.5, 0.6) is 0 Å². The molecule has 0 fully saturated rings. The summed E-state index contributed by atoms with van der Waals surface area (Å²) < 4.78 is 5.18. The highest BCUT2D eigenvalue weighted by Gasteiger charge is 2.01. The van der Waals surface area contributed by atoms with E-state index in [1.807, 2.05) is 6.08 Å². The van der Waals surface area contributed by atoms with Gasteiger partial charge in [-0.25, -0.2) is 4.79 Å². The predicted molar refractivity (Wildman–Crippen MR) is 101 cm³/mol. The summed E-state index contributed by atoms with van der Waals surface area (Å²) in [6, 6.07) is 0. The molecule has 0 spiro atoms. The van der Waals surface area contributed by atoms with Crippen molar-refractivity contribution in [1.29, 1.82) is 0 Å². The van der Waals surface area contributed by atoms with Gasteiger partial charge in [-0.1, -0.05) is 97.5 Å². The summed E-state index contributed by atoms with van der Waals surface area (Å²) in [6.45, 7) is 7.02. The van der Waals surface area contributed by atoms with Crippen LogP contribution in [0.2, 0.25) is 0 Å². The van der Waals surface area contributed by atoms with E-state index in [0.717, 1.165) is 12.8 Å². The van der Waals surface area contributed by atoms with E-state index in [4.69, 9.17) is 4.74 Å². The fraction of sp³-hybridized carbons (Fsp3) is 0.857. The molecule has 1 atom stereocenters. The van der Waals surface area contributed by atoms with Crippen LogP contribution >= 0.6 is 0 Å². The van der Waals surface area contributed by atoms with Crippen LogP contribution in [0.1, 0.15) is 104 Å². The summed E-state index contributed by atoms with van der Waals surface area (Å²) in [5.74, 6) is 0.271. The van der Waals surface area contributed by atoms with E-state index in [0.29, 0.717) is 12.5 Å². The lowest BCUT2D eigenvalue weighted by Gasteiger charge is -2.07. The zero-order chi connectivity index (χ0) is 17.2. The van der Waals surface area contributed by atoms with Crippen molar-refractivity contribution in [3.8, 4) is 0 Å². The van der Waals surface area contributed by atoms with Crippen molar-refractivity contribution in [2.24, 2.45) is 5.92 Å². The summed E-state index contributed by atoms with van der Waals surface area (Å²) in [5.41, 5.74) is 0. The van der Waals surface area contributed by atoms with Crippen LogP contribution in [0.25, 0.3) is 0 Å². The lowest BCUT2D eigenvalue weighted by Crippen LogP contribution is -2.09. The molecule has 136 valence electrons. The van der Waals surface area contributed by atoms with E-state index in [-0.39, 0.29) is 5.97 Å². The van der Waals surface area contributed by atoms with Gasteiger partial charge in [0.25, 0.3) is 0 Å². The maximum atomic E-state index is 11.5. The molecular weight excluding hydrogens is 284 g/mol. The molecule has 0 bridgehead atoms. The fourth-order valence-electron chi connectivity index (χ4n) is 2.50. The molecule has 0 saturated heterocycles. The molecule has 0 N–H and O–H groups in total. The first kappa shape index (κ1) is 22.2. The van der Waals surface area contributed by atoms with Crippen molar-refractivity contribution in [3.63, 3.8) is 0 Å². The number of esters is 1. The van der Waals surface area contributed by atoms with Crippen LogP contribution < -0.4 is 0 Å². The van der Waals surface area contributed by atoms with Gasteiger partial charge >= 0.3 is 5.97 Å². The highest BCUT2D eigenvalue weighted by atomic mass is 16.5. The van der Waals surface area contributed by atoms with E-state index < -0.39 is 0 Å². The number of hydrogen-bond donors (Lipinski definition) is 0. The largest absolute Gasteiger partial charge is 0.462 e. The van der Waals surface area contributed by atoms with E-state index in [2.05, 4.69) is 20.8 Å². The molecule has 0 aliphatic heterocycles. The van der Waals surface area contributed by atoms with Crippen LogP contribution in [-0.4, -0.2) is 12.6 Å². The first-order valence-electron chi connectivity index (χ1n) is 10.0. The van der Waals surface area contributed by atoms with Gasteiger partial charge in [0, 0.05) is 6.08 Å². The van der Waals surface area contributed by atoms with Crippen LogP contribution in [0, 0.1) is 5.92 Å². The minimum atomic E-state index is -0.187. The molecule has 0 aromatic heterocycles. The average molecular weight is 325 g/mol. The Hall–Kier alpha value is -0.790. The van der Waals surface area contributed by atoms with Gasteiger partial charge in [-0.15, -0.1) is 0 Å². The Kier molecular flexibility index (Phi) is 17.0. The highest BCUT2D eigenvalue weighted by Crippen LogP contribution is 2.12. The summed E-state index contributed by atoms with van der Waals surface area (Å²) in [5, 5.41) is 0. The minimum absolute atomic E-state index is 0.187. The fourth-order valence-corrected chi connectivity index (χ4v) is 2.50. The first-order chi connectivity index (χ1) is 11.2. The third kappa shape index (κ3) is 17.4. The molecule has 0 aliphatic rings. The van der Waals surface area contributed by atoms with Crippen LogP contribution in [0.4, 0.5) is 0 Å². The zero-order valence-corrected chi connectivity index (χ0v) is 15.9. The smallest absolute Gasteiger partial charge is 0.330 e. The third-order valence-electron chi connectivity index (χ3n) is 4.44. The van der Waals surface area contributed by atoms with Gasteiger partial charge in [-0.2, -0.15) is 0 Å². The molecule has 1 unspecified atom stereocenters. The highest BCUT2D eigenvalue weighted by molar-refractivity contribution is 5.81. The van der Waals surface area contributed by atoms with Gasteiger partial charge in [0.05, 0.1) is 6.61 Å². The van der Waals surface area contributed by atoms with Crippen molar-refractivity contribution in [3.05, 3.63) is 12.2 Å². The van der Waals surface area contributed by atoms with Crippen molar-refractivity contribution < 1.29 is 9.53 Å². The SMILES string of the molecule is CCCCCCCCCCCCCC=CC(=O)OCC(C)CC. The molecular formula is C21H40O2. The van der Waals surface area contributed by atoms with Gasteiger partial charge in [-0.05, 0) is 18.8 Å². The van der Waals surface area contributed by atoms with Gasteiger partial charge in [0.1, 0.15) is 0 Å². The normalized spacial score (nSPS) is 12.7. The Labute approximate surface area is 145 Å². The van der Waals surface area contributed by atoms with E-state index in [1.165, 1.54) is 70.6 Å². The van der Waals surface area contributed by atoms with Crippen molar-refractivity contribution in [1.82, 2.24) is 0 Å². The van der Waals surface area contributed by atoms with Crippen LogP contribution in [0.3, 0.4) is 0 Å². The second-order valence-electron chi connectivity index (χ2n) is 6.87. The Bertz CT molecular complexity index is 284. The van der Waals surface area contributed by atoms with E-state index in [9.17, 15) is 4.79 Å². The van der Waals surface area contributed by atoms with Crippen molar-refractivity contribution >= 4 is 5.97 Å². The molecule has 0 aromatic rings. The van der Waals surface area contributed by atoms with Gasteiger partial charge in [0.2, 0.25) is 0 Å². The van der Waals surface area contributed by atoms with E-state index in [1.54, 1.807) is 6.08 Å². The standard InChI is InChI=1S/C21H40O2/c1-4-6-7-8-9-10-11-12-13-14-15-16-17-18-21(22)23-19-20(3)5-2/h17-18,20H,4-16,19H2,1-3H3. The molecule has 0 rings (SSSR count). The number of rotatable bonds is 16. The topological polar surface area (TPSA) is 26.3 Å². The minimum Gasteiger partial charge on any atom is -0.462 e. The van der Waals surface area contributed by atoms with Crippen LogP contribution in [-0.2, 0) is 9.53 Å². The van der Waals surface area contributed by atoms with Gasteiger partial charge < -0.3 is 4.74 Å². The first-order valence-corrected chi connectivity index (χ1v) is 10.0. The molecule has 23 heavy (non-hydrogen) atoms. The lowest BCUT2D eigenvalue weighted by molar-refractivity contribution is -0.138. The number of ether oxygens (including phenoxy) is 1. The number of carbonyl (C=O) groups is 1. The molecule has 0 amide bonds. The molecule has 0 radical (unpaired) electrons. The third-order valence-corrected chi connectivity index (χ3v) is 4.44. The maximum Gasteiger partial charge on any atom is 0.330 e. The number of unbranched alkanes of at least 4 members (excludes halogenated alkanes) is 11.